The minimum Gasteiger partial charge on any atom is -0.508 e. The van der Waals surface area contributed by atoms with E-state index in [0.717, 1.165) is 11.1 Å². The second-order valence-electron chi connectivity index (χ2n) is 4.90. The highest BCUT2D eigenvalue weighted by Gasteiger charge is 2.21. The van der Waals surface area contributed by atoms with Gasteiger partial charge < -0.3 is 10.0 Å². The molecular weight excluding hydrogens is 252 g/mol. The number of benzene rings is 1. The Morgan fingerprint density at radius 3 is 2.65 bits per heavy atom. The van der Waals surface area contributed by atoms with Crippen LogP contribution in [0.2, 0.25) is 0 Å². The van der Waals surface area contributed by atoms with Gasteiger partial charge in [0.1, 0.15) is 5.75 Å². The summed E-state index contributed by atoms with van der Waals surface area (Å²) in [6, 6.07) is 8.64. The van der Waals surface area contributed by atoms with Crippen molar-refractivity contribution in [1.29, 1.82) is 0 Å². The number of aromatic hydroxyl groups is 1. The summed E-state index contributed by atoms with van der Waals surface area (Å²) in [4.78, 5) is 18.1. The molecule has 0 aliphatic heterocycles. The first kappa shape index (κ1) is 14.1. The third-order valence-corrected chi connectivity index (χ3v) is 3.41. The van der Waals surface area contributed by atoms with Gasteiger partial charge in [-0.25, -0.2) is 0 Å². The fraction of sp³-hybridized carbons (Fsp3) is 0.250. The Kier molecular flexibility index (Phi) is 4.03. The lowest BCUT2D eigenvalue weighted by atomic mass is 10.1. The molecule has 1 unspecified atom stereocenters. The molecule has 0 bridgehead atoms. The number of pyridine rings is 1. The molecule has 0 aliphatic rings. The molecule has 1 atom stereocenters. The van der Waals surface area contributed by atoms with Crippen LogP contribution in [0, 0.1) is 6.92 Å². The Labute approximate surface area is 118 Å². The Morgan fingerprint density at radius 1 is 1.30 bits per heavy atom. The van der Waals surface area contributed by atoms with Crippen LogP contribution in [-0.4, -0.2) is 27.9 Å². The van der Waals surface area contributed by atoms with E-state index >= 15 is 0 Å². The molecule has 1 aromatic heterocycles. The molecule has 4 nitrogen and oxygen atoms in total. The van der Waals surface area contributed by atoms with E-state index in [2.05, 4.69) is 4.98 Å². The van der Waals surface area contributed by atoms with Gasteiger partial charge in [-0.1, -0.05) is 18.2 Å². The predicted octanol–water partition coefficient (Wildman–Crippen LogP) is 2.93. The Hall–Kier alpha value is -2.36. The maximum atomic E-state index is 12.4. The van der Waals surface area contributed by atoms with Crippen LogP contribution in [-0.2, 0) is 0 Å². The Bertz CT molecular complexity index is 625. The summed E-state index contributed by atoms with van der Waals surface area (Å²) in [5.74, 6) is 0.0824. The maximum absolute atomic E-state index is 12.4. The standard InChI is InChI=1S/C16H18N2O2/c1-11-8-13(10-17-9-11)16(20)18(3)12(2)14-6-4-5-7-15(14)19/h4-10,12,19H,1-3H3. The van der Waals surface area contributed by atoms with Crippen molar-refractivity contribution in [3.8, 4) is 5.75 Å². The van der Waals surface area contributed by atoms with Crippen molar-refractivity contribution in [3.63, 3.8) is 0 Å². The van der Waals surface area contributed by atoms with E-state index in [1.54, 1.807) is 36.5 Å². The smallest absolute Gasteiger partial charge is 0.255 e. The minimum atomic E-state index is -0.218. The number of amides is 1. The molecular formula is C16H18N2O2. The van der Waals surface area contributed by atoms with Crippen LogP contribution >= 0.6 is 0 Å². The zero-order valence-corrected chi connectivity index (χ0v) is 11.9. The molecule has 0 aliphatic carbocycles. The second-order valence-corrected chi connectivity index (χ2v) is 4.90. The van der Waals surface area contributed by atoms with Gasteiger partial charge in [-0.3, -0.25) is 9.78 Å². The van der Waals surface area contributed by atoms with Crippen LogP contribution < -0.4 is 0 Å². The molecule has 1 amide bonds. The van der Waals surface area contributed by atoms with E-state index in [1.165, 1.54) is 0 Å². The van der Waals surface area contributed by atoms with Crippen molar-refractivity contribution in [1.82, 2.24) is 9.88 Å². The van der Waals surface area contributed by atoms with E-state index < -0.39 is 0 Å². The highest BCUT2D eigenvalue weighted by molar-refractivity contribution is 5.94. The summed E-state index contributed by atoms with van der Waals surface area (Å²) in [5, 5.41) is 9.88. The summed E-state index contributed by atoms with van der Waals surface area (Å²) >= 11 is 0. The molecule has 1 heterocycles. The number of phenols is 1. The van der Waals surface area contributed by atoms with Gasteiger partial charge in [0.15, 0.2) is 0 Å². The van der Waals surface area contributed by atoms with Gasteiger partial charge >= 0.3 is 0 Å². The number of carbonyl (C=O) groups excluding carboxylic acids is 1. The molecule has 20 heavy (non-hydrogen) atoms. The van der Waals surface area contributed by atoms with E-state index in [1.807, 2.05) is 32.0 Å². The Balaban J connectivity index is 2.25. The summed E-state index contributed by atoms with van der Waals surface area (Å²) in [7, 11) is 1.72. The van der Waals surface area contributed by atoms with E-state index in [0.29, 0.717) is 5.56 Å². The lowest BCUT2D eigenvalue weighted by Gasteiger charge is -2.26. The van der Waals surface area contributed by atoms with Crippen LogP contribution in [0.5, 0.6) is 5.75 Å². The van der Waals surface area contributed by atoms with Crippen LogP contribution in [0.25, 0.3) is 0 Å². The van der Waals surface area contributed by atoms with E-state index in [4.69, 9.17) is 0 Å². The molecule has 104 valence electrons. The van der Waals surface area contributed by atoms with Gasteiger partial charge in [-0.15, -0.1) is 0 Å². The molecule has 0 saturated heterocycles. The van der Waals surface area contributed by atoms with Gasteiger partial charge in [0.05, 0.1) is 11.6 Å². The van der Waals surface area contributed by atoms with Gasteiger partial charge in [0.2, 0.25) is 0 Å². The molecule has 2 aromatic rings. The topological polar surface area (TPSA) is 53.4 Å². The highest BCUT2D eigenvalue weighted by atomic mass is 16.3. The molecule has 1 aromatic carbocycles. The first-order valence-electron chi connectivity index (χ1n) is 6.47. The van der Waals surface area contributed by atoms with Crippen LogP contribution in [0.4, 0.5) is 0 Å². The largest absolute Gasteiger partial charge is 0.508 e. The molecule has 0 spiro atoms. The maximum Gasteiger partial charge on any atom is 0.255 e. The van der Waals surface area contributed by atoms with Gasteiger partial charge in [0.25, 0.3) is 5.91 Å². The average Bonchev–Trinajstić information content (AvgIpc) is 2.45. The van der Waals surface area contributed by atoms with Crippen molar-refractivity contribution in [3.05, 3.63) is 59.4 Å². The summed E-state index contributed by atoms with van der Waals surface area (Å²) in [6.07, 6.45) is 3.27. The number of hydrogen-bond acceptors (Lipinski definition) is 3. The van der Waals surface area contributed by atoms with Gasteiger partial charge in [-0.2, -0.15) is 0 Å². The molecule has 2 rings (SSSR count). The van der Waals surface area contributed by atoms with Crippen molar-refractivity contribution >= 4 is 5.91 Å². The van der Waals surface area contributed by atoms with Crippen molar-refractivity contribution in [2.24, 2.45) is 0 Å². The third kappa shape index (κ3) is 2.79. The Morgan fingerprint density at radius 2 is 2.00 bits per heavy atom. The quantitative estimate of drug-likeness (QED) is 0.933. The number of nitrogens with zero attached hydrogens (tertiary/aromatic N) is 2. The van der Waals surface area contributed by atoms with Crippen LogP contribution in [0.15, 0.2) is 42.7 Å². The van der Waals surface area contributed by atoms with Crippen LogP contribution in [0.3, 0.4) is 0 Å². The number of aryl methyl sites for hydroxylation is 1. The fourth-order valence-electron chi connectivity index (χ4n) is 2.10. The summed E-state index contributed by atoms with van der Waals surface area (Å²) in [6.45, 7) is 3.78. The van der Waals surface area contributed by atoms with Gasteiger partial charge in [-0.05, 0) is 31.5 Å². The van der Waals surface area contributed by atoms with E-state index in [-0.39, 0.29) is 17.7 Å². The first-order valence-corrected chi connectivity index (χ1v) is 6.47. The average molecular weight is 270 g/mol. The minimum absolute atomic E-state index is 0.114. The fourth-order valence-corrected chi connectivity index (χ4v) is 2.10. The normalized spacial score (nSPS) is 11.9. The summed E-state index contributed by atoms with van der Waals surface area (Å²) in [5.41, 5.74) is 2.22. The third-order valence-electron chi connectivity index (χ3n) is 3.41. The lowest BCUT2D eigenvalue weighted by molar-refractivity contribution is 0.0741. The van der Waals surface area contributed by atoms with Crippen molar-refractivity contribution in [2.75, 3.05) is 7.05 Å². The summed E-state index contributed by atoms with van der Waals surface area (Å²) < 4.78 is 0. The second kappa shape index (κ2) is 5.74. The number of para-hydroxylation sites is 1. The van der Waals surface area contributed by atoms with Crippen molar-refractivity contribution < 1.29 is 9.90 Å². The van der Waals surface area contributed by atoms with Crippen LogP contribution in [0.1, 0.15) is 34.5 Å². The number of phenolic OH excluding ortho intramolecular Hbond substituents is 1. The zero-order chi connectivity index (χ0) is 14.7. The number of carbonyl (C=O) groups is 1. The zero-order valence-electron chi connectivity index (χ0n) is 11.9. The predicted molar refractivity (Wildman–Crippen MR) is 77.6 cm³/mol. The number of rotatable bonds is 3. The number of aromatic nitrogens is 1. The molecule has 1 N–H and O–H groups in total. The number of hydrogen-bond donors (Lipinski definition) is 1. The molecule has 0 fully saturated rings. The lowest BCUT2D eigenvalue weighted by Crippen LogP contribution is -2.29. The van der Waals surface area contributed by atoms with Gasteiger partial charge in [0, 0.05) is 25.0 Å². The molecule has 0 saturated carbocycles. The molecule has 0 radical (unpaired) electrons. The SMILES string of the molecule is Cc1cncc(C(=O)N(C)C(C)c2ccccc2O)c1. The van der Waals surface area contributed by atoms with Crippen molar-refractivity contribution in [2.45, 2.75) is 19.9 Å². The first-order chi connectivity index (χ1) is 9.50. The molecule has 4 heteroatoms. The van der Waals surface area contributed by atoms with E-state index in [9.17, 15) is 9.90 Å². The monoisotopic (exact) mass is 270 g/mol. The highest BCUT2D eigenvalue weighted by Crippen LogP contribution is 2.27.